The number of esters is 1. The summed E-state index contributed by atoms with van der Waals surface area (Å²) < 4.78 is 16.3. The Kier molecular flexibility index (Phi) is 8.00. The molecule has 2 aromatic rings. The van der Waals surface area contributed by atoms with E-state index in [4.69, 9.17) is 19.3 Å². The monoisotopic (exact) mass is 432 g/mol. The van der Waals surface area contributed by atoms with Gasteiger partial charge in [-0.25, -0.2) is 0 Å². The largest absolute Gasteiger partial charge is 0.463 e. The van der Waals surface area contributed by atoms with Crippen LogP contribution in [0.1, 0.15) is 23.6 Å². The van der Waals surface area contributed by atoms with Gasteiger partial charge in [0.25, 0.3) is 0 Å². The zero-order chi connectivity index (χ0) is 22.4. The van der Waals surface area contributed by atoms with Crippen LogP contribution in [-0.2, 0) is 27.1 Å². The number of hydrogen-bond donors (Lipinski definition) is 4. The summed E-state index contributed by atoms with van der Waals surface area (Å²) in [5.41, 5.74) is 2.91. The van der Waals surface area contributed by atoms with Crippen LogP contribution >= 0.6 is 0 Å². The van der Waals surface area contributed by atoms with E-state index in [9.17, 15) is 20.1 Å². The first-order chi connectivity index (χ1) is 14.9. The molecule has 3 rings (SSSR count). The van der Waals surface area contributed by atoms with Gasteiger partial charge in [0.05, 0.1) is 0 Å². The number of ether oxygens (including phenoxy) is 3. The molecule has 0 aromatic heterocycles. The lowest BCUT2D eigenvalue weighted by atomic mass is 9.99. The number of carbonyl (C=O) groups excluding carboxylic acids is 1. The Morgan fingerprint density at radius 3 is 2.32 bits per heavy atom. The van der Waals surface area contributed by atoms with Crippen LogP contribution in [0.4, 0.5) is 0 Å². The smallest absolute Gasteiger partial charge is 0.302 e. The molecule has 8 heteroatoms. The summed E-state index contributed by atoms with van der Waals surface area (Å²) in [5, 5.41) is 39.7. The molecule has 1 fully saturated rings. The highest BCUT2D eigenvalue weighted by molar-refractivity contribution is 5.65. The third-order valence-electron chi connectivity index (χ3n) is 5.15. The molecule has 1 heterocycles. The molecule has 0 radical (unpaired) electrons. The fourth-order valence-corrected chi connectivity index (χ4v) is 3.41. The summed E-state index contributed by atoms with van der Waals surface area (Å²) in [6, 6.07) is 15.1. The van der Waals surface area contributed by atoms with E-state index in [0.717, 1.165) is 16.7 Å². The molecular formula is C23H28O8. The van der Waals surface area contributed by atoms with Gasteiger partial charge in [-0.2, -0.15) is 0 Å². The van der Waals surface area contributed by atoms with Crippen molar-refractivity contribution in [3.8, 4) is 5.75 Å². The highest BCUT2D eigenvalue weighted by atomic mass is 16.7. The van der Waals surface area contributed by atoms with E-state index in [0.29, 0.717) is 18.6 Å². The molecule has 0 amide bonds. The molecule has 168 valence electrons. The Bertz CT molecular complexity index is 853. The van der Waals surface area contributed by atoms with Crippen molar-refractivity contribution in [2.45, 2.75) is 50.5 Å². The second-order valence-electron chi connectivity index (χ2n) is 7.51. The van der Waals surface area contributed by atoms with Gasteiger partial charge < -0.3 is 34.6 Å². The number of para-hydroxylation sites is 1. The Labute approximate surface area is 180 Å². The van der Waals surface area contributed by atoms with E-state index in [1.165, 1.54) is 6.92 Å². The van der Waals surface area contributed by atoms with Crippen molar-refractivity contribution in [3.05, 3.63) is 65.2 Å². The quantitative estimate of drug-likeness (QED) is 0.446. The van der Waals surface area contributed by atoms with Gasteiger partial charge in [-0.3, -0.25) is 4.79 Å². The minimum Gasteiger partial charge on any atom is -0.463 e. The van der Waals surface area contributed by atoms with Crippen LogP contribution < -0.4 is 4.74 Å². The van der Waals surface area contributed by atoms with Gasteiger partial charge in [-0.15, -0.1) is 0 Å². The summed E-state index contributed by atoms with van der Waals surface area (Å²) in [4.78, 5) is 11.1. The number of aliphatic hydroxyl groups is 4. The van der Waals surface area contributed by atoms with Gasteiger partial charge in [0.15, 0.2) is 0 Å². The molecular weight excluding hydrogens is 404 g/mol. The molecule has 4 N–H and O–H groups in total. The summed E-state index contributed by atoms with van der Waals surface area (Å²) in [5.74, 6) is -0.0926. The fraction of sp³-hybridized carbons (Fsp3) is 0.435. The van der Waals surface area contributed by atoms with Crippen LogP contribution in [0.25, 0.3) is 0 Å². The number of rotatable bonds is 8. The predicted molar refractivity (Wildman–Crippen MR) is 110 cm³/mol. The summed E-state index contributed by atoms with van der Waals surface area (Å²) >= 11 is 0. The fourth-order valence-electron chi connectivity index (χ4n) is 3.41. The van der Waals surface area contributed by atoms with Crippen molar-refractivity contribution in [1.82, 2.24) is 0 Å². The van der Waals surface area contributed by atoms with Crippen molar-refractivity contribution < 1.29 is 39.4 Å². The molecule has 31 heavy (non-hydrogen) atoms. The topological polar surface area (TPSA) is 126 Å². The third kappa shape index (κ3) is 6.03. The molecule has 0 bridgehead atoms. The van der Waals surface area contributed by atoms with Crippen LogP contribution in [0, 0.1) is 0 Å². The maximum absolute atomic E-state index is 11.1. The lowest BCUT2D eigenvalue weighted by molar-refractivity contribution is -0.278. The molecule has 0 aliphatic carbocycles. The van der Waals surface area contributed by atoms with Gasteiger partial charge in [0.1, 0.15) is 36.8 Å². The Balaban J connectivity index is 1.73. The molecule has 0 spiro atoms. The molecule has 8 nitrogen and oxygen atoms in total. The van der Waals surface area contributed by atoms with Crippen LogP contribution in [0.5, 0.6) is 5.75 Å². The first-order valence-corrected chi connectivity index (χ1v) is 10.1. The minimum absolute atomic E-state index is 0.0960. The predicted octanol–water partition coefficient (Wildman–Crippen LogP) is 0.562. The number of hydrogen-bond acceptors (Lipinski definition) is 8. The number of benzene rings is 2. The molecule has 2 aromatic carbocycles. The first-order valence-electron chi connectivity index (χ1n) is 10.1. The van der Waals surface area contributed by atoms with Crippen LogP contribution in [-0.4, -0.2) is 70.3 Å². The molecule has 1 aliphatic heterocycles. The highest BCUT2D eigenvalue weighted by Crippen LogP contribution is 2.28. The van der Waals surface area contributed by atoms with Crippen molar-refractivity contribution in [2.75, 3.05) is 13.2 Å². The van der Waals surface area contributed by atoms with Crippen molar-refractivity contribution in [1.29, 1.82) is 0 Å². The summed E-state index contributed by atoms with van der Waals surface area (Å²) in [6.07, 6.45) is -5.59. The normalized spacial score (nSPS) is 25.8. The van der Waals surface area contributed by atoms with E-state index in [1.807, 2.05) is 36.4 Å². The first kappa shape index (κ1) is 23.2. The Morgan fingerprint density at radius 1 is 0.968 bits per heavy atom. The number of aliphatic hydroxyl groups excluding tert-OH is 4. The van der Waals surface area contributed by atoms with E-state index in [1.54, 1.807) is 12.1 Å². The van der Waals surface area contributed by atoms with E-state index >= 15 is 0 Å². The average Bonchev–Trinajstić information content (AvgIpc) is 2.76. The standard InChI is InChI=1S/C23H28O8/c1-14(25)29-13-19-20(26)21(27)22(28)23(31-19)30-18-5-3-2-4-17(18)12-16-8-6-15(7-9-16)10-11-24/h2-9,19-24,26-28H,10-13H2,1H3/t19-,20-,21+,22-,23?/m1/s1. The molecule has 5 atom stereocenters. The third-order valence-corrected chi connectivity index (χ3v) is 5.15. The maximum Gasteiger partial charge on any atom is 0.302 e. The summed E-state index contributed by atoms with van der Waals surface area (Å²) in [6.45, 7) is 1.04. The average molecular weight is 432 g/mol. The molecule has 1 aliphatic rings. The van der Waals surface area contributed by atoms with Crippen molar-refractivity contribution in [2.24, 2.45) is 0 Å². The molecule has 1 saturated heterocycles. The van der Waals surface area contributed by atoms with Crippen LogP contribution in [0.2, 0.25) is 0 Å². The van der Waals surface area contributed by atoms with Gasteiger partial charge in [-0.1, -0.05) is 42.5 Å². The lowest BCUT2D eigenvalue weighted by Crippen LogP contribution is -2.60. The van der Waals surface area contributed by atoms with E-state index in [-0.39, 0.29) is 13.2 Å². The van der Waals surface area contributed by atoms with Gasteiger partial charge in [0.2, 0.25) is 6.29 Å². The second kappa shape index (κ2) is 10.7. The van der Waals surface area contributed by atoms with Gasteiger partial charge >= 0.3 is 5.97 Å². The second-order valence-corrected chi connectivity index (χ2v) is 7.51. The van der Waals surface area contributed by atoms with Gasteiger partial charge in [-0.05, 0) is 29.2 Å². The maximum atomic E-state index is 11.1. The van der Waals surface area contributed by atoms with Crippen molar-refractivity contribution in [3.63, 3.8) is 0 Å². The Morgan fingerprint density at radius 2 is 1.65 bits per heavy atom. The zero-order valence-electron chi connectivity index (χ0n) is 17.3. The minimum atomic E-state index is -1.52. The number of carbonyl (C=O) groups is 1. The van der Waals surface area contributed by atoms with E-state index in [2.05, 4.69) is 0 Å². The molecule has 0 saturated carbocycles. The van der Waals surface area contributed by atoms with E-state index < -0.39 is 36.7 Å². The van der Waals surface area contributed by atoms with Crippen molar-refractivity contribution >= 4 is 5.97 Å². The lowest BCUT2D eigenvalue weighted by Gasteiger charge is -2.40. The SMILES string of the molecule is CC(=O)OC[C@H]1OC(Oc2ccccc2Cc2ccc(CCO)cc2)[C@H](O)[C@@H](O)[C@@H]1O. The van der Waals surface area contributed by atoms with Gasteiger partial charge in [0, 0.05) is 20.0 Å². The van der Waals surface area contributed by atoms with Crippen LogP contribution in [0.15, 0.2) is 48.5 Å². The molecule has 1 unspecified atom stereocenters. The zero-order valence-corrected chi connectivity index (χ0v) is 17.3. The Hall–Kier alpha value is -2.49. The summed E-state index contributed by atoms with van der Waals surface area (Å²) in [7, 11) is 0. The van der Waals surface area contributed by atoms with Crippen LogP contribution in [0.3, 0.4) is 0 Å². The highest BCUT2D eigenvalue weighted by Gasteiger charge is 2.45.